The average Bonchev–Trinajstić information content (AvgIpc) is 3.19. The van der Waals surface area contributed by atoms with Crippen molar-refractivity contribution in [3.05, 3.63) is 92.2 Å². The molecule has 10 nitrogen and oxygen atoms in total. The average molecular weight is 648 g/mol. The van der Waals surface area contributed by atoms with E-state index in [9.17, 15) is 24.8 Å². The number of rotatable bonds is 7. The third-order valence-electron chi connectivity index (χ3n) is 6.30. The van der Waals surface area contributed by atoms with Gasteiger partial charge in [-0.25, -0.2) is 4.99 Å². The van der Waals surface area contributed by atoms with Gasteiger partial charge < -0.3 is 14.7 Å². The van der Waals surface area contributed by atoms with Gasteiger partial charge >= 0.3 is 5.69 Å². The second-order valence-electron chi connectivity index (χ2n) is 8.43. The van der Waals surface area contributed by atoms with Crippen molar-refractivity contribution in [3.8, 4) is 11.5 Å². The van der Waals surface area contributed by atoms with Gasteiger partial charge in [-0.1, -0.05) is 29.5 Å². The molecule has 2 aromatic carbocycles. The summed E-state index contributed by atoms with van der Waals surface area (Å²) in [5, 5.41) is 21.5. The van der Waals surface area contributed by atoms with Gasteiger partial charge in [-0.05, 0) is 67.1 Å². The molecule has 1 amide bonds. The Kier molecular flexibility index (Phi) is 8.02. The third-order valence-corrected chi connectivity index (χ3v) is 8.10. The molecule has 198 valence electrons. The number of amides is 1. The van der Waals surface area contributed by atoms with Crippen LogP contribution in [-0.4, -0.2) is 45.6 Å². The summed E-state index contributed by atoms with van der Waals surface area (Å²) >= 11 is 2.93. The lowest BCUT2D eigenvalue weighted by atomic mass is 9.94. The number of ether oxygens (including phenoxy) is 1. The first-order valence-corrected chi connectivity index (χ1v) is 13.6. The molecule has 1 atom stereocenters. The van der Waals surface area contributed by atoms with Crippen molar-refractivity contribution in [2.24, 2.45) is 4.99 Å². The molecule has 0 unspecified atom stereocenters. The Hall–Kier alpha value is -3.52. The molecule has 12 heteroatoms. The van der Waals surface area contributed by atoms with Crippen LogP contribution in [0.3, 0.4) is 0 Å². The smallest absolute Gasteiger partial charge is 0.312 e. The van der Waals surface area contributed by atoms with Crippen LogP contribution in [0, 0.1) is 13.7 Å². The highest BCUT2D eigenvalue weighted by Gasteiger charge is 2.35. The topological polar surface area (TPSA) is 127 Å². The van der Waals surface area contributed by atoms with Gasteiger partial charge in [0.2, 0.25) is 5.75 Å². The van der Waals surface area contributed by atoms with Crippen LogP contribution in [0.5, 0.6) is 11.5 Å². The number of hydrogen-bond acceptors (Lipinski definition) is 8. The summed E-state index contributed by atoms with van der Waals surface area (Å²) in [5.74, 6) is -0.124. The Balaban J connectivity index is 2.00. The first-order chi connectivity index (χ1) is 18.1. The fraction of sp³-hybridized carbons (Fsp3) is 0.269. The van der Waals surface area contributed by atoms with Crippen LogP contribution in [0.25, 0.3) is 6.08 Å². The van der Waals surface area contributed by atoms with E-state index in [-0.39, 0.29) is 14.0 Å². The fourth-order valence-corrected chi connectivity index (χ4v) is 6.12. The van der Waals surface area contributed by atoms with E-state index in [4.69, 9.17) is 4.74 Å². The number of thiazole rings is 1. The number of halogens is 1. The quantitative estimate of drug-likeness (QED) is 0.238. The van der Waals surface area contributed by atoms with Crippen LogP contribution in [0.1, 0.15) is 37.9 Å². The van der Waals surface area contributed by atoms with E-state index >= 15 is 0 Å². The molecule has 0 fully saturated rings. The first kappa shape index (κ1) is 27.5. The minimum Gasteiger partial charge on any atom is -0.501 e. The molecule has 38 heavy (non-hydrogen) atoms. The van der Waals surface area contributed by atoms with Crippen molar-refractivity contribution >= 4 is 51.6 Å². The number of nitrogens with zero attached hydrogens (tertiary/aromatic N) is 4. The maximum absolute atomic E-state index is 13.9. The van der Waals surface area contributed by atoms with Crippen LogP contribution in [-0.2, 0) is 4.79 Å². The van der Waals surface area contributed by atoms with E-state index in [1.54, 1.807) is 46.5 Å². The molecule has 4 rings (SSSR count). The molecule has 2 heterocycles. The van der Waals surface area contributed by atoms with Crippen LogP contribution in [0.2, 0.25) is 0 Å². The number of aromatic nitrogens is 1. The predicted molar refractivity (Wildman–Crippen MR) is 152 cm³/mol. The molecule has 0 saturated carbocycles. The van der Waals surface area contributed by atoms with Crippen molar-refractivity contribution in [3.63, 3.8) is 0 Å². The summed E-state index contributed by atoms with van der Waals surface area (Å²) in [6.45, 7) is 6.52. The van der Waals surface area contributed by atoms with Gasteiger partial charge in [0.15, 0.2) is 4.80 Å². The number of likely N-dealkylation sites (N-methyl/N-ethyl adjacent to an activating group) is 1. The van der Waals surface area contributed by atoms with Crippen molar-refractivity contribution in [2.75, 3.05) is 20.2 Å². The molecule has 0 saturated heterocycles. The molecule has 1 aliphatic rings. The first-order valence-electron chi connectivity index (χ1n) is 11.7. The van der Waals surface area contributed by atoms with Crippen molar-refractivity contribution in [1.29, 1.82) is 0 Å². The van der Waals surface area contributed by atoms with Gasteiger partial charge in [-0.2, -0.15) is 0 Å². The van der Waals surface area contributed by atoms with Crippen LogP contribution in [0.15, 0.2) is 57.5 Å². The number of carbonyl (C=O) groups is 1. The number of nitro groups is 1. The zero-order valence-corrected chi connectivity index (χ0v) is 24.1. The van der Waals surface area contributed by atoms with Crippen molar-refractivity contribution in [1.82, 2.24) is 9.47 Å². The van der Waals surface area contributed by atoms with Crippen molar-refractivity contribution in [2.45, 2.75) is 26.8 Å². The standard InChI is InChI=1S/C26H25IN4O6S/c1-5-29(6-2)25(34)21-14(3)28-26-30(22(21)16-9-7-8-10-19(16)37-4)24(33)20(38-26)13-15-11-17(27)23(32)18(12-15)31(35)36/h7-13,22,32H,5-6H2,1-4H3/b20-13+/t22-/m1/s1. The van der Waals surface area contributed by atoms with Gasteiger partial charge in [0, 0.05) is 24.7 Å². The highest BCUT2D eigenvalue weighted by molar-refractivity contribution is 14.1. The lowest BCUT2D eigenvalue weighted by Crippen LogP contribution is -2.43. The van der Waals surface area contributed by atoms with E-state index < -0.39 is 28.0 Å². The van der Waals surface area contributed by atoms with Gasteiger partial charge in [0.05, 0.1) is 31.4 Å². The maximum atomic E-state index is 13.9. The van der Waals surface area contributed by atoms with Crippen molar-refractivity contribution < 1.29 is 19.6 Å². The SMILES string of the molecule is CCN(CC)C(=O)C1=C(C)N=c2s/c(=C/c3cc(I)c(O)c([N+](=O)[O-])c3)c(=O)n2[C@@H]1c1ccccc1OC. The van der Waals surface area contributed by atoms with Gasteiger partial charge in [0.1, 0.15) is 11.8 Å². The molecular weight excluding hydrogens is 623 g/mol. The van der Waals surface area contributed by atoms with E-state index in [1.165, 1.54) is 23.8 Å². The Bertz CT molecular complexity index is 1650. The molecular formula is C26H25IN4O6S. The Morgan fingerprint density at radius 2 is 2.00 bits per heavy atom. The monoisotopic (exact) mass is 648 g/mol. The molecule has 1 aromatic heterocycles. The lowest BCUT2D eigenvalue weighted by Gasteiger charge is -2.29. The number of aromatic hydroxyl groups is 1. The third kappa shape index (κ3) is 4.85. The number of phenols is 1. The number of nitro benzene ring substituents is 1. The summed E-state index contributed by atoms with van der Waals surface area (Å²) in [5.41, 5.74) is 1.06. The summed E-state index contributed by atoms with van der Waals surface area (Å²) in [4.78, 5) is 45.0. The number of benzene rings is 2. The van der Waals surface area contributed by atoms with E-state index in [1.807, 2.05) is 32.0 Å². The number of methoxy groups -OCH3 is 1. The Morgan fingerprint density at radius 3 is 2.63 bits per heavy atom. The van der Waals surface area contributed by atoms with Gasteiger partial charge in [-0.15, -0.1) is 0 Å². The molecule has 0 aliphatic carbocycles. The minimum atomic E-state index is -0.785. The number of hydrogen-bond donors (Lipinski definition) is 1. The van der Waals surface area contributed by atoms with E-state index in [0.717, 1.165) is 11.3 Å². The molecule has 0 spiro atoms. The number of para-hydroxylation sites is 1. The van der Waals surface area contributed by atoms with Gasteiger partial charge in [-0.3, -0.25) is 24.3 Å². The Labute approximate surface area is 235 Å². The maximum Gasteiger partial charge on any atom is 0.312 e. The number of phenolic OH excluding ortho intramolecular Hbond substituents is 1. The van der Waals surface area contributed by atoms with Crippen LogP contribution < -0.4 is 19.6 Å². The number of fused-ring (bicyclic) bond motifs is 1. The summed E-state index contributed by atoms with van der Waals surface area (Å²) in [7, 11) is 1.53. The molecule has 1 N–H and O–H groups in total. The van der Waals surface area contributed by atoms with Gasteiger partial charge in [0.25, 0.3) is 11.5 Å². The number of carbonyl (C=O) groups excluding carboxylic acids is 1. The summed E-state index contributed by atoms with van der Waals surface area (Å²) < 4.78 is 7.65. The highest BCUT2D eigenvalue weighted by atomic mass is 127. The zero-order valence-electron chi connectivity index (χ0n) is 21.1. The molecule has 0 bridgehead atoms. The fourth-order valence-electron chi connectivity index (χ4n) is 4.44. The minimum absolute atomic E-state index is 0.217. The second-order valence-corrected chi connectivity index (χ2v) is 10.6. The lowest BCUT2D eigenvalue weighted by molar-refractivity contribution is -0.386. The predicted octanol–water partition coefficient (Wildman–Crippen LogP) is 3.33. The Morgan fingerprint density at radius 1 is 1.32 bits per heavy atom. The number of allylic oxidation sites excluding steroid dienone is 1. The molecule has 0 radical (unpaired) electrons. The zero-order chi connectivity index (χ0) is 27.7. The second kappa shape index (κ2) is 11.1. The van der Waals surface area contributed by atoms with E-state index in [0.29, 0.717) is 46.0 Å². The summed E-state index contributed by atoms with van der Waals surface area (Å²) in [6.07, 6.45) is 1.53. The normalized spacial score (nSPS) is 15.2. The van der Waals surface area contributed by atoms with E-state index in [2.05, 4.69) is 4.99 Å². The van der Waals surface area contributed by atoms with Crippen LogP contribution >= 0.6 is 33.9 Å². The molecule has 1 aliphatic heterocycles. The molecule has 3 aromatic rings. The largest absolute Gasteiger partial charge is 0.501 e. The summed E-state index contributed by atoms with van der Waals surface area (Å²) in [6, 6.07) is 9.21. The van der Waals surface area contributed by atoms with Crippen LogP contribution in [0.4, 0.5) is 5.69 Å². The highest BCUT2D eigenvalue weighted by Crippen LogP contribution is 2.36.